The zero-order valence-electron chi connectivity index (χ0n) is 17.3. The molecule has 2 rings (SSSR count). The van der Waals surface area contributed by atoms with Crippen LogP contribution in [-0.2, 0) is 21.2 Å². The van der Waals surface area contributed by atoms with Crippen molar-refractivity contribution < 1.29 is 17.9 Å². The van der Waals surface area contributed by atoms with Crippen molar-refractivity contribution in [1.82, 2.24) is 10.0 Å². The molecular weight excluding hydrogens is 388 g/mol. The molecule has 7 heteroatoms. The normalized spacial score (nSPS) is 12.4. The average Bonchev–Trinajstić information content (AvgIpc) is 2.71. The molecule has 0 saturated heterocycles. The molecule has 0 radical (unpaired) electrons. The van der Waals surface area contributed by atoms with E-state index in [1.165, 1.54) is 7.11 Å². The van der Waals surface area contributed by atoms with Crippen molar-refractivity contribution in [3.05, 3.63) is 59.7 Å². The summed E-state index contributed by atoms with van der Waals surface area (Å²) in [6, 6.07) is 13.4. The van der Waals surface area contributed by atoms with Gasteiger partial charge in [-0.25, -0.2) is 8.42 Å². The Morgan fingerprint density at radius 3 is 2.48 bits per heavy atom. The highest BCUT2D eigenvalue weighted by atomic mass is 32.2. The van der Waals surface area contributed by atoms with E-state index in [-0.39, 0.29) is 23.0 Å². The Hall–Kier alpha value is -2.38. The topological polar surface area (TPSA) is 84.5 Å². The van der Waals surface area contributed by atoms with Crippen LogP contribution < -0.4 is 14.8 Å². The fraction of sp³-hybridized carbons (Fsp3) is 0.409. The molecule has 0 fully saturated rings. The maximum atomic E-state index is 13.1. The number of carbonyl (C=O) groups excluding carboxylic acids is 1. The lowest BCUT2D eigenvalue weighted by atomic mass is 10.1. The third-order valence-electron chi connectivity index (χ3n) is 4.58. The molecule has 0 bridgehead atoms. The second kappa shape index (κ2) is 11.0. The molecule has 0 aliphatic rings. The molecule has 0 heterocycles. The number of aryl methyl sites for hydroxylation is 1. The Bertz CT molecular complexity index is 898. The van der Waals surface area contributed by atoms with Gasteiger partial charge in [-0.3, -0.25) is 4.79 Å². The maximum Gasteiger partial charge on any atom is 0.244 e. The molecule has 6 nitrogen and oxygen atoms in total. The predicted molar refractivity (Wildman–Crippen MR) is 115 cm³/mol. The van der Waals surface area contributed by atoms with Crippen LogP contribution in [0.2, 0.25) is 0 Å². The summed E-state index contributed by atoms with van der Waals surface area (Å²) in [6.45, 7) is 4.41. The SMILES string of the molecule is CCCCCNC(=O)[C@H](Cc1ccccc1)NS(=O)(=O)c1cc(C)ccc1OC. The molecule has 0 spiro atoms. The van der Waals surface area contributed by atoms with Crippen LogP contribution >= 0.6 is 0 Å². The van der Waals surface area contributed by atoms with Gasteiger partial charge in [0.2, 0.25) is 15.9 Å². The summed E-state index contributed by atoms with van der Waals surface area (Å²) in [5.74, 6) is -0.0925. The van der Waals surface area contributed by atoms with Crippen LogP contribution in [0, 0.1) is 6.92 Å². The third kappa shape index (κ3) is 6.87. The van der Waals surface area contributed by atoms with E-state index in [4.69, 9.17) is 4.74 Å². The van der Waals surface area contributed by atoms with E-state index in [2.05, 4.69) is 17.0 Å². The van der Waals surface area contributed by atoms with Gasteiger partial charge >= 0.3 is 0 Å². The van der Waals surface area contributed by atoms with E-state index in [0.717, 1.165) is 30.4 Å². The number of carbonyl (C=O) groups is 1. The fourth-order valence-corrected chi connectivity index (χ4v) is 4.44. The van der Waals surface area contributed by atoms with E-state index in [1.807, 2.05) is 30.3 Å². The summed E-state index contributed by atoms with van der Waals surface area (Å²) in [5.41, 5.74) is 1.66. The van der Waals surface area contributed by atoms with Crippen molar-refractivity contribution in [3.63, 3.8) is 0 Å². The van der Waals surface area contributed by atoms with Gasteiger partial charge < -0.3 is 10.1 Å². The molecule has 29 heavy (non-hydrogen) atoms. The van der Waals surface area contributed by atoms with Crippen LogP contribution in [0.15, 0.2) is 53.4 Å². The molecule has 1 atom stereocenters. The van der Waals surface area contributed by atoms with E-state index in [9.17, 15) is 13.2 Å². The van der Waals surface area contributed by atoms with Gasteiger partial charge in [-0.15, -0.1) is 0 Å². The first-order chi connectivity index (χ1) is 13.9. The number of methoxy groups -OCH3 is 1. The van der Waals surface area contributed by atoms with Crippen molar-refractivity contribution in [2.24, 2.45) is 0 Å². The molecule has 2 aromatic rings. The van der Waals surface area contributed by atoms with Crippen LogP contribution in [0.4, 0.5) is 0 Å². The second-order valence-corrected chi connectivity index (χ2v) is 8.70. The first-order valence-electron chi connectivity index (χ1n) is 9.86. The summed E-state index contributed by atoms with van der Waals surface area (Å²) in [5, 5.41) is 2.85. The Balaban J connectivity index is 2.25. The summed E-state index contributed by atoms with van der Waals surface area (Å²) < 4.78 is 33.9. The number of rotatable bonds is 11. The minimum atomic E-state index is -3.96. The monoisotopic (exact) mass is 418 g/mol. The lowest BCUT2D eigenvalue weighted by molar-refractivity contribution is -0.122. The standard InChI is InChI=1S/C22H30N2O4S/c1-4-5-9-14-23-22(25)19(16-18-10-7-6-8-11-18)24-29(26,27)21-15-17(2)12-13-20(21)28-3/h6-8,10-13,15,19,24H,4-5,9,14,16H2,1-3H3,(H,23,25)/t19-/m0/s1. The Kier molecular flexibility index (Phi) is 8.67. The van der Waals surface area contributed by atoms with Gasteiger partial charge in [-0.1, -0.05) is 56.2 Å². The van der Waals surface area contributed by atoms with Gasteiger partial charge in [-0.05, 0) is 43.0 Å². The van der Waals surface area contributed by atoms with Crippen molar-refractivity contribution in [2.75, 3.05) is 13.7 Å². The highest BCUT2D eigenvalue weighted by molar-refractivity contribution is 7.89. The summed E-state index contributed by atoms with van der Waals surface area (Å²) in [7, 11) is -2.54. The zero-order chi connectivity index (χ0) is 21.3. The summed E-state index contributed by atoms with van der Waals surface area (Å²) >= 11 is 0. The maximum absolute atomic E-state index is 13.1. The van der Waals surface area contributed by atoms with Crippen LogP contribution in [-0.4, -0.2) is 34.0 Å². The van der Waals surface area contributed by atoms with Crippen LogP contribution in [0.5, 0.6) is 5.75 Å². The average molecular weight is 419 g/mol. The van der Waals surface area contributed by atoms with Gasteiger partial charge in [0, 0.05) is 6.54 Å². The van der Waals surface area contributed by atoms with Gasteiger partial charge in [0.15, 0.2) is 0 Å². The second-order valence-electron chi connectivity index (χ2n) is 7.02. The number of benzene rings is 2. The number of hydrogen-bond acceptors (Lipinski definition) is 4. The summed E-state index contributed by atoms with van der Waals surface area (Å²) in [6.07, 6.45) is 3.17. The minimum absolute atomic E-state index is 0.0249. The van der Waals surface area contributed by atoms with Crippen molar-refractivity contribution >= 4 is 15.9 Å². The van der Waals surface area contributed by atoms with Gasteiger partial charge in [0.25, 0.3) is 0 Å². The minimum Gasteiger partial charge on any atom is -0.495 e. The van der Waals surface area contributed by atoms with Gasteiger partial charge in [0.1, 0.15) is 16.7 Å². The van der Waals surface area contributed by atoms with E-state index in [1.54, 1.807) is 25.1 Å². The van der Waals surface area contributed by atoms with E-state index < -0.39 is 16.1 Å². The first-order valence-corrected chi connectivity index (χ1v) is 11.3. The van der Waals surface area contributed by atoms with E-state index in [0.29, 0.717) is 6.54 Å². The van der Waals surface area contributed by atoms with Gasteiger partial charge in [0.05, 0.1) is 7.11 Å². The molecule has 2 aromatic carbocycles. The lowest BCUT2D eigenvalue weighted by Gasteiger charge is -2.20. The van der Waals surface area contributed by atoms with E-state index >= 15 is 0 Å². The van der Waals surface area contributed by atoms with Crippen molar-refractivity contribution in [3.8, 4) is 5.75 Å². The molecule has 158 valence electrons. The molecule has 0 aromatic heterocycles. The molecule has 0 aliphatic heterocycles. The number of hydrogen-bond donors (Lipinski definition) is 2. The highest BCUT2D eigenvalue weighted by Crippen LogP contribution is 2.25. The smallest absolute Gasteiger partial charge is 0.244 e. The number of nitrogens with one attached hydrogen (secondary N) is 2. The fourth-order valence-electron chi connectivity index (χ4n) is 2.99. The molecule has 1 amide bonds. The van der Waals surface area contributed by atoms with Crippen LogP contribution in [0.25, 0.3) is 0 Å². The molecule has 2 N–H and O–H groups in total. The lowest BCUT2D eigenvalue weighted by Crippen LogP contribution is -2.48. The number of amides is 1. The number of ether oxygens (including phenoxy) is 1. The van der Waals surface area contributed by atoms with Crippen molar-refractivity contribution in [1.29, 1.82) is 0 Å². The predicted octanol–water partition coefficient (Wildman–Crippen LogP) is 3.20. The quantitative estimate of drug-likeness (QED) is 0.549. The Labute approximate surface area is 173 Å². The molecular formula is C22H30N2O4S. The van der Waals surface area contributed by atoms with Gasteiger partial charge in [-0.2, -0.15) is 4.72 Å². The van der Waals surface area contributed by atoms with Crippen LogP contribution in [0.3, 0.4) is 0 Å². The van der Waals surface area contributed by atoms with Crippen molar-refractivity contribution in [2.45, 2.75) is 50.5 Å². The summed E-state index contributed by atoms with van der Waals surface area (Å²) in [4.78, 5) is 12.8. The third-order valence-corrected chi connectivity index (χ3v) is 6.08. The molecule has 0 unspecified atom stereocenters. The number of unbranched alkanes of at least 4 members (excludes halogenated alkanes) is 2. The first kappa shape index (κ1) is 22.9. The molecule has 0 saturated carbocycles. The zero-order valence-corrected chi connectivity index (χ0v) is 18.1. The largest absolute Gasteiger partial charge is 0.495 e. The van der Waals surface area contributed by atoms with Crippen LogP contribution in [0.1, 0.15) is 37.3 Å². The Morgan fingerprint density at radius 1 is 1.10 bits per heavy atom. The number of sulfonamides is 1. The molecule has 0 aliphatic carbocycles. The highest BCUT2D eigenvalue weighted by Gasteiger charge is 2.28. The Morgan fingerprint density at radius 2 is 1.83 bits per heavy atom.